The fraction of sp³-hybridized carbons (Fsp3) is 0.643. The number of rotatable bonds is 4. The molecule has 3 nitrogen and oxygen atoms in total. The lowest BCUT2D eigenvalue weighted by Crippen LogP contribution is -2.31. The average Bonchev–Trinajstić information content (AvgIpc) is 2.40. The normalized spacial score (nSPS) is 24.4. The second-order valence-electron chi connectivity index (χ2n) is 4.79. The molecule has 1 aromatic heterocycles. The fourth-order valence-electron chi connectivity index (χ4n) is 2.69. The van der Waals surface area contributed by atoms with Crippen LogP contribution in [0.5, 0.6) is 5.88 Å². The molecule has 94 valence electrons. The van der Waals surface area contributed by atoms with Crippen LogP contribution in [0.2, 0.25) is 0 Å². The van der Waals surface area contributed by atoms with Crippen molar-refractivity contribution >= 4 is 5.69 Å². The zero-order valence-electron chi connectivity index (χ0n) is 10.8. The predicted octanol–water partition coefficient (Wildman–Crippen LogP) is 3.47. The molecule has 1 saturated carbocycles. The van der Waals surface area contributed by atoms with Crippen molar-refractivity contribution in [1.82, 2.24) is 4.98 Å². The molecule has 17 heavy (non-hydrogen) atoms. The summed E-state index contributed by atoms with van der Waals surface area (Å²) in [4.78, 5) is 4.23. The topological polar surface area (TPSA) is 34.1 Å². The molecule has 1 fully saturated rings. The summed E-state index contributed by atoms with van der Waals surface area (Å²) >= 11 is 0. The first kappa shape index (κ1) is 12.2. The third-order valence-corrected chi connectivity index (χ3v) is 3.73. The molecular weight excluding hydrogens is 212 g/mol. The zero-order valence-corrected chi connectivity index (χ0v) is 10.8. The Balaban J connectivity index is 1.98. The van der Waals surface area contributed by atoms with E-state index < -0.39 is 0 Å². The van der Waals surface area contributed by atoms with E-state index in [-0.39, 0.29) is 0 Å². The molecule has 1 aliphatic rings. The van der Waals surface area contributed by atoms with Gasteiger partial charge in [-0.15, -0.1) is 0 Å². The lowest BCUT2D eigenvalue weighted by molar-refractivity contribution is 0.317. The first-order chi connectivity index (χ1) is 8.33. The van der Waals surface area contributed by atoms with Gasteiger partial charge >= 0.3 is 0 Å². The van der Waals surface area contributed by atoms with Gasteiger partial charge in [-0.3, -0.25) is 0 Å². The number of nitrogens with zero attached hydrogens (tertiary/aromatic N) is 1. The number of pyridine rings is 1. The number of nitrogens with one attached hydrogen (secondary N) is 1. The fourth-order valence-corrected chi connectivity index (χ4v) is 2.69. The highest BCUT2D eigenvalue weighted by atomic mass is 16.5. The van der Waals surface area contributed by atoms with Crippen molar-refractivity contribution in [2.75, 3.05) is 12.4 Å². The lowest BCUT2D eigenvalue weighted by atomic mass is 9.83. The Hall–Kier alpha value is -1.25. The maximum Gasteiger partial charge on any atom is 0.213 e. The average molecular weight is 234 g/mol. The molecule has 3 heteroatoms. The number of ether oxygens (including phenoxy) is 1. The molecule has 0 saturated heterocycles. The van der Waals surface area contributed by atoms with Gasteiger partial charge in [0, 0.05) is 12.1 Å². The number of hydrogen-bond donors (Lipinski definition) is 1. The molecule has 0 amide bonds. The molecule has 0 spiro atoms. The van der Waals surface area contributed by atoms with E-state index >= 15 is 0 Å². The summed E-state index contributed by atoms with van der Waals surface area (Å²) in [5, 5.41) is 3.62. The van der Waals surface area contributed by atoms with E-state index in [0.29, 0.717) is 11.9 Å². The van der Waals surface area contributed by atoms with Gasteiger partial charge in [0.2, 0.25) is 5.88 Å². The molecule has 2 atom stereocenters. The maximum absolute atomic E-state index is 5.06. The van der Waals surface area contributed by atoms with Crippen LogP contribution < -0.4 is 10.1 Å². The monoisotopic (exact) mass is 234 g/mol. The summed E-state index contributed by atoms with van der Waals surface area (Å²) in [6, 6.07) is 4.57. The van der Waals surface area contributed by atoms with Gasteiger partial charge in [0.05, 0.1) is 19.0 Å². The van der Waals surface area contributed by atoms with Gasteiger partial charge in [-0.1, -0.05) is 26.2 Å². The Morgan fingerprint density at radius 3 is 2.82 bits per heavy atom. The maximum atomic E-state index is 5.06. The molecule has 0 radical (unpaired) electrons. The van der Waals surface area contributed by atoms with Crippen LogP contribution in [0, 0.1) is 5.92 Å². The summed E-state index contributed by atoms with van der Waals surface area (Å²) in [5.41, 5.74) is 1.11. The Bertz CT molecular complexity index is 337. The Morgan fingerprint density at radius 2 is 2.18 bits per heavy atom. The quantitative estimate of drug-likeness (QED) is 0.866. The van der Waals surface area contributed by atoms with Crippen molar-refractivity contribution < 1.29 is 4.74 Å². The van der Waals surface area contributed by atoms with Crippen molar-refractivity contribution in [3.05, 3.63) is 18.3 Å². The van der Waals surface area contributed by atoms with Gasteiger partial charge in [-0.25, -0.2) is 4.98 Å². The summed E-state index contributed by atoms with van der Waals surface area (Å²) in [6.45, 7) is 2.29. The van der Waals surface area contributed by atoms with Crippen molar-refractivity contribution in [2.45, 2.75) is 45.1 Å². The minimum absolute atomic E-state index is 0.615. The molecule has 1 aromatic rings. The minimum Gasteiger partial charge on any atom is -0.481 e. The van der Waals surface area contributed by atoms with Crippen molar-refractivity contribution in [1.29, 1.82) is 0 Å². The largest absolute Gasteiger partial charge is 0.481 e. The smallest absolute Gasteiger partial charge is 0.213 e. The lowest BCUT2D eigenvalue weighted by Gasteiger charge is -2.32. The Morgan fingerprint density at radius 1 is 1.35 bits per heavy atom. The van der Waals surface area contributed by atoms with Crippen molar-refractivity contribution in [3.8, 4) is 5.88 Å². The van der Waals surface area contributed by atoms with Crippen LogP contribution in [0.1, 0.15) is 39.0 Å². The number of anilines is 1. The first-order valence-corrected chi connectivity index (χ1v) is 6.60. The van der Waals surface area contributed by atoms with E-state index in [9.17, 15) is 0 Å². The van der Waals surface area contributed by atoms with E-state index in [2.05, 4.69) is 17.2 Å². The van der Waals surface area contributed by atoms with E-state index in [0.717, 1.165) is 11.6 Å². The molecule has 1 N–H and O–H groups in total. The summed E-state index contributed by atoms with van der Waals surface area (Å²) in [5.74, 6) is 1.48. The van der Waals surface area contributed by atoms with E-state index in [4.69, 9.17) is 4.74 Å². The van der Waals surface area contributed by atoms with Crippen LogP contribution in [-0.2, 0) is 0 Å². The molecule has 2 unspecified atom stereocenters. The van der Waals surface area contributed by atoms with Crippen LogP contribution in [0.3, 0.4) is 0 Å². The highest BCUT2D eigenvalue weighted by Crippen LogP contribution is 2.29. The highest BCUT2D eigenvalue weighted by molar-refractivity contribution is 5.43. The SMILES string of the molecule is CCC1CCCCC1Nc1ccc(OC)nc1. The Labute approximate surface area is 104 Å². The van der Waals surface area contributed by atoms with Crippen LogP contribution >= 0.6 is 0 Å². The number of aromatic nitrogens is 1. The zero-order chi connectivity index (χ0) is 12.1. The van der Waals surface area contributed by atoms with Crippen molar-refractivity contribution in [2.24, 2.45) is 5.92 Å². The molecule has 0 bridgehead atoms. The second-order valence-corrected chi connectivity index (χ2v) is 4.79. The third kappa shape index (κ3) is 3.11. The van der Waals surface area contributed by atoms with E-state index in [1.807, 2.05) is 18.3 Å². The van der Waals surface area contributed by atoms with Crippen LogP contribution in [0.15, 0.2) is 18.3 Å². The van der Waals surface area contributed by atoms with Crippen LogP contribution in [0.4, 0.5) is 5.69 Å². The molecule has 1 aliphatic carbocycles. The number of methoxy groups -OCH3 is 1. The molecule has 2 rings (SSSR count). The molecule has 0 aromatic carbocycles. The first-order valence-electron chi connectivity index (χ1n) is 6.60. The molecule has 0 aliphatic heterocycles. The Kier molecular flexibility index (Phi) is 4.24. The summed E-state index contributed by atoms with van der Waals surface area (Å²) in [6.07, 6.45) is 8.50. The van der Waals surface area contributed by atoms with Gasteiger partial charge in [0.15, 0.2) is 0 Å². The third-order valence-electron chi connectivity index (χ3n) is 3.73. The highest BCUT2D eigenvalue weighted by Gasteiger charge is 2.23. The van der Waals surface area contributed by atoms with Crippen LogP contribution in [-0.4, -0.2) is 18.1 Å². The van der Waals surface area contributed by atoms with Crippen molar-refractivity contribution in [3.63, 3.8) is 0 Å². The van der Waals surface area contributed by atoms with Crippen LogP contribution in [0.25, 0.3) is 0 Å². The minimum atomic E-state index is 0.615. The van der Waals surface area contributed by atoms with E-state index in [1.165, 1.54) is 32.1 Å². The van der Waals surface area contributed by atoms with Gasteiger partial charge in [-0.05, 0) is 24.8 Å². The van der Waals surface area contributed by atoms with Gasteiger partial charge in [-0.2, -0.15) is 0 Å². The summed E-state index contributed by atoms with van der Waals surface area (Å²) < 4.78 is 5.06. The standard InChI is InChI=1S/C14H22N2O/c1-3-11-6-4-5-7-13(11)16-12-8-9-14(17-2)15-10-12/h8-11,13,16H,3-7H2,1-2H3. The summed E-state index contributed by atoms with van der Waals surface area (Å²) in [7, 11) is 1.64. The molecular formula is C14H22N2O. The second kappa shape index (κ2) is 5.89. The predicted molar refractivity (Wildman–Crippen MR) is 70.4 cm³/mol. The van der Waals surface area contributed by atoms with Gasteiger partial charge in [0.1, 0.15) is 0 Å². The molecule has 1 heterocycles. The number of hydrogen-bond acceptors (Lipinski definition) is 3. The van der Waals surface area contributed by atoms with Gasteiger partial charge in [0.25, 0.3) is 0 Å². The van der Waals surface area contributed by atoms with E-state index in [1.54, 1.807) is 7.11 Å². The van der Waals surface area contributed by atoms with Gasteiger partial charge < -0.3 is 10.1 Å².